The van der Waals surface area contributed by atoms with E-state index in [0.717, 1.165) is 10.5 Å². The fraction of sp³-hybridized carbons (Fsp3) is 0.238. The van der Waals surface area contributed by atoms with E-state index in [1.807, 2.05) is 19.1 Å². The molecule has 148 valence electrons. The van der Waals surface area contributed by atoms with Crippen molar-refractivity contribution in [3.8, 4) is 0 Å². The summed E-state index contributed by atoms with van der Waals surface area (Å²) in [6.07, 6.45) is 0. The second-order valence-electron chi connectivity index (χ2n) is 6.80. The van der Waals surface area contributed by atoms with Crippen molar-refractivity contribution < 1.29 is 19.1 Å². The van der Waals surface area contributed by atoms with Crippen molar-refractivity contribution in [2.45, 2.75) is 19.9 Å². The third-order valence-electron chi connectivity index (χ3n) is 4.90. The molecule has 0 unspecified atom stereocenters. The quantitative estimate of drug-likeness (QED) is 0.571. The van der Waals surface area contributed by atoms with Crippen molar-refractivity contribution in [3.63, 3.8) is 0 Å². The first kappa shape index (κ1) is 19.1. The molecule has 2 aromatic rings. The van der Waals surface area contributed by atoms with Crippen LogP contribution in [0.3, 0.4) is 0 Å². The van der Waals surface area contributed by atoms with E-state index in [0.29, 0.717) is 16.4 Å². The lowest BCUT2D eigenvalue weighted by molar-refractivity contribution is -0.136. The molecule has 7 nitrogen and oxygen atoms in total. The molecule has 2 atom stereocenters. The second-order valence-corrected chi connectivity index (χ2v) is 7.24. The summed E-state index contributed by atoms with van der Waals surface area (Å²) in [5.41, 5.74) is 1.89. The first-order chi connectivity index (χ1) is 13.9. The molecule has 1 saturated heterocycles. The fourth-order valence-corrected chi connectivity index (χ4v) is 3.75. The zero-order valence-corrected chi connectivity index (χ0v) is 16.6. The number of hydrogen-bond donors (Lipinski definition) is 0. The minimum atomic E-state index is -1.04. The van der Waals surface area contributed by atoms with Crippen molar-refractivity contribution >= 4 is 46.5 Å². The smallest absolute Gasteiger partial charge is 0.355 e. The maximum absolute atomic E-state index is 13.3. The van der Waals surface area contributed by atoms with Gasteiger partial charge in [-0.1, -0.05) is 35.4 Å². The molecule has 0 saturated carbocycles. The highest BCUT2D eigenvalue weighted by Gasteiger charge is 2.59. The molecule has 2 aromatic carbocycles. The number of aryl methyl sites for hydroxylation is 1. The Kier molecular flexibility index (Phi) is 4.84. The van der Waals surface area contributed by atoms with Crippen molar-refractivity contribution in [3.05, 3.63) is 59.1 Å². The monoisotopic (exact) mass is 411 g/mol. The Balaban J connectivity index is 1.79. The molecule has 2 aliphatic heterocycles. The van der Waals surface area contributed by atoms with Crippen LogP contribution in [0.5, 0.6) is 0 Å². The lowest BCUT2D eigenvalue weighted by Crippen LogP contribution is -2.39. The summed E-state index contributed by atoms with van der Waals surface area (Å²) in [6, 6.07) is 12.8. The van der Waals surface area contributed by atoms with E-state index >= 15 is 0 Å². The van der Waals surface area contributed by atoms with Gasteiger partial charge in [0.1, 0.15) is 12.0 Å². The van der Waals surface area contributed by atoms with Crippen LogP contribution in [0.15, 0.2) is 53.6 Å². The van der Waals surface area contributed by atoms with Crippen molar-refractivity contribution in [1.29, 1.82) is 0 Å². The number of ether oxygens (including phenoxy) is 1. The van der Waals surface area contributed by atoms with Gasteiger partial charge >= 0.3 is 5.97 Å². The lowest BCUT2D eigenvalue weighted by Gasteiger charge is -2.22. The van der Waals surface area contributed by atoms with Crippen LogP contribution in [0.1, 0.15) is 12.5 Å². The fourth-order valence-electron chi connectivity index (χ4n) is 3.57. The third kappa shape index (κ3) is 3.17. The maximum Gasteiger partial charge on any atom is 0.355 e. The number of anilines is 2. The second kappa shape index (κ2) is 7.33. The molecule has 0 bridgehead atoms. The molecule has 1 fully saturated rings. The summed E-state index contributed by atoms with van der Waals surface area (Å²) in [7, 11) is 0. The zero-order chi connectivity index (χ0) is 20.7. The first-order valence-corrected chi connectivity index (χ1v) is 9.55. The normalized spacial score (nSPS) is 20.7. The minimum absolute atomic E-state index is 0.0789. The summed E-state index contributed by atoms with van der Waals surface area (Å²) < 4.78 is 5.08. The number of hydrogen-bond acceptors (Lipinski definition) is 6. The third-order valence-corrected chi connectivity index (χ3v) is 5.13. The largest absolute Gasteiger partial charge is 0.461 e. The summed E-state index contributed by atoms with van der Waals surface area (Å²) in [5, 5.41) is 6.13. The highest BCUT2D eigenvalue weighted by atomic mass is 35.5. The Morgan fingerprint density at radius 1 is 1.10 bits per heavy atom. The van der Waals surface area contributed by atoms with Crippen LogP contribution in [-0.2, 0) is 19.1 Å². The van der Waals surface area contributed by atoms with E-state index in [9.17, 15) is 14.4 Å². The molecule has 0 radical (unpaired) electrons. The molecule has 0 aliphatic carbocycles. The molecule has 0 spiro atoms. The molecule has 29 heavy (non-hydrogen) atoms. The predicted molar refractivity (Wildman–Crippen MR) is 109 cm³/mol. The predicted octanol–water partition coefficient (Wildman–Crippen LogP) is 2.95. The Labute approximate surface area is 172 Å². The van der Waals surface area contributed by atoms with E-state index in [1.54, 1.807) is 43.3 Å². The maximum atomic E-state index is 13.3. The van der Waals surface area contributed by atoms with Crippen molar-refractivity contribution in [2.24, 2.45) is 11.0 Å². The molecule has 2 amide bonds. The van der Waals surface area contributed by atoms with Gasteiger partial charge in [-0.25, -0.2) is 9.69 Å². The van der Waals surface area contributed by atoms with E-state index in [-0.39, 0.29) is 12.3 Å². The topological polar surface area (TPSA) is 79.3 Å². The molecule has 2 heterocycles. The highest BCUT2D eigenvalue weighted by molar-refractivity contribution is 6.47. The standard InChI is InChI=1S/C21H18ClN3O4/c1-3-29-21(28)17-16-18(25(23-17)15-6-4-5-13(22)11-15)20(27)24(19(16)26)14-9-7-12(2)8-10-14/h4-11,16,18H,3H2,1-2H3/t16-,18-/m0/s1. The number of carbonyl (C=O) groups excluding carboxylic acids is 3. The van der Waals surface area contributed by atoms with Gasteiger partial charge < -0.3 is 4.74 Å². The SMILES string of the molecule is CCOC(=O)C1=NN(c2cccc(Cl)c2)[C@@H]2C(=O)N(c3ccc(C)cc3)C(=O)[C@@H]12. The van der Waals surface area contributed by atoms with Gasteiger partial charge in [-0.3, -0.25) is 14.6 Å². The Hall–Kier alpha value is -3.19. The number of carbonyl (C=O) groups is 3. The van der Waals surface area contributed by atoms with E-state index < -0.39 is 29.7 Å². The number of imide groups is 1. The van der Waals surface area contributed by atoms with E-state index in [1.165, 1.54) is 5.01 Å². The minimum Gasteiger partial charge on any atom is -0.461 e. The molecule has 0 aromatic heterocycles. The Morgan fingerprint density at radius 3 is 2.48 bits per heavy atom. The number of halogens is 1. The van der Waals surface area contributed by atoms with Gasteiger partial charge in [-0.2, -0.15) is 5.10 Å². The molecule has 2 aliphatic rings. The van der Waals surface area contributed by atoms with Gasteiger partial charge in [0.15, 0.2) is 5.71 Å². The number of esters is 1. The lowest BCUT2D eigenvalue weighted by atomic mass is 9.98. The molecular weight excluding hydrogens is 394 g/mol. The summed E-state index contributed by atoms with van der Waals surface area (Å²) in [4.78, 5) is 40.1. The summed E-state index contributed by atoms with van der Waals surface area (Å²) in [5.74, 6) is -2.70. The molecule has 8 heteroatoms. The van der Waals surface area contributed by atoms with E-state index in [4.69, 9.17) is 16.3 Å². The highest BCUT2D eigenvalue weighted by Crippen LogP contribution is 2.38. The molecular formula is C21H18ClN3O4. The van der Waals surface area contributed by atoms with Gasteiger partial charge in [-0.15, -0.1) is 0 Å². The van der Waals surface area contributed by atoms with Crippen molar-refractivity contribution in [1.82, 2.24) is 0 Å². The van der Waals surface area contributed by atoms with Crippen LogP contribution < -0.4 is 9.91 Å². The van der Waals surface area contributed by atoms with Crippen LogP contribution >= 0.6 is 11.6 Å². The Morgan fingerprint density at radius 2 is 1.83 bits per heavy atom. The molecule has 0 N–H and O–H groups in total. The van der Waals surface area contributed by atoms with Gasteiger partial charge in [0.25, 0.3) is 5.91 Å². The molecule has 4 rings (SSSR count). The van der Waals surface area contributed by atoms with Crippen LogP contribution in [-0.4, -0.2) is 36.1 Å². The summed E-state index contributed by atoms with van der Waals surface area (Å²) in [6.45, 7) is 3.72. The zero-order valence-electron chi connectivity index (χ0n) is 15.8. The van der Waals surface area contributed by atoms with Crippen LogP contribution in [0.25, 0.3) is 0 Å². The van der Waals surface area contributed by atoms with Crippen molar-refractivity contribution in [2.75, 3.05) is 16.5 Å². The van der Waals surface area contributed by atoms with Crippen LogP contribution in [0, 0.1) is 12.8 Å². The average molecular weight is 412 g/mol. The van der Waals surface area contributed by atoms with Gasteiger partial charge in [0.05, 0.1) is 18.0 Å². The van der Waals surface area contributed by atoms with Gasteiger partial charge in [-0.05, 0) is 44.2 Å². The average Bonchev–Trinajstić information content (AvgIpc) is 3.21. The number of nitrogens with zero attached hydrogens (tertiary/aromatic N) is 3. The first-order valence-electron chi connectivity index (χ1n) is 9.17. The van der Waals surface area contributed by atoms with Crippen LogP contribution in [0.2, 0.25) is 5.02 Å². The Bertz CT molecular complexity index is 1030. The number of fused-ring (bicyclic) bond motifs is 1. The number of rotatable bonds is 4. The van der Waals surface area contributed by atoms with Crippen LogP contribution in [0.4, 0.5) is 11.4 Å². The van der Waals surface area contributed by atoms with Gasteiger partial charge in [0.2, 0.25) is 5.91 Å². The number of hydrazone groups is 1. The van der Waals surface area contributed by atoms with Gasteiger partial charge in [0, 0.05) is 5.02 Å². The van der Waals surface area contributed by atoms with E-state index in [2.05, 4.69) is 5.10 Å². The number of benzene rings is 2. The summed E-state index contributed by atoms with van der Waals surface area (Å²) >= 11 is 6.09. The number of amides is 2.